The van der Waals surface area contributed by atoms with Gasteiger partial charge < -0.3 is 9.47 Å². The van der Waals surface area contributed by atoms with Crippen LogP contribution in [0, 0.1) is 0 Å². The normalized spacial score (nSPS) is 10.4. The molecular formula is C6H13BrClNO2. The number of ether oxygens (including phenoxy) is 2. The molecule has 3 nitrogen and oxygen atoms in total. The van der Waals surface area contributed by atoms with Crippen molar-refractivity contribution in [1.82, 2.24) is 4.84 Å². The molecule has 0 amide bonds. The fraction of sp³-hybridized carbons (Fsp3) is 1.00. The predicted molar refractivity (Wildman–Crippen MR) is 49.3 cm³/mol. The molecular weight excluding hydrogens is 233 g/mol. The first-order valence-corrected chi connectivity index (χ1v) is 4.96. The lowest BCUT2D eigenvalue weighted by molar-refractivity contribution is 0.0565. The van der Waals surface area contributed by atoms with Gasteiger partial charge in [-0.15, -0.1) is 0 Å². The lowest BCUT2D eigenvalue weighted by Crippen LogP contribution is -2.13. The molecule has 0 spiro atoms. The molecule has 0 saturated heterocycles. The second-order valence-electron chi connectivity index (χ2n) is 1.80. The van der Waals surface area contributed by atoms with Crippen molar-refractivity contribution in [3.63, 3.8) is 0 Å². The van der Waals surface area contributed by atoms with Crippen LogP contribution < -0.4 is 4.84 Å². The smallest absolute Gasteiger partial charge is 0.0701 e. The van der Waals surface area contributed by atoms with Gasteiger partial charge in [0.2, 0.25) is 0 Å². The molecule has 0 heterocycles. The van der Waals surface area contributed by atoms with E-state index >= 15 is 0 Å². The van der Waals surface area contributed by atoms with Gasteiger partial charge in [-0.1, -0.05) is 15.9 Å². The van der Waals surface area contributed by atoms with Crippen LogP contribution in [0.5, 0.6) is 0 Å². The fourth-order valence-electron chi connectivity index (χ4n) is 0.487. The van der Waals surface area contributed by atoms with Crippen LogP contribution in [0.1, 0.15) is 0 Å². The molecule has 0 unspecified atom stereocenters. The summed E-state index contributed by atoms with van der Waals surface area (Å²) < 4.78 is 10.3. The van der Waals surface area contributed by atoms with Crippen molar-refractivity contribution in [2.75, 3.05) is 38.3 Å². The van der Waals surface area contributed by atoms with Crippen LogP contribution >= 0.6 is 27.7 Å². The molecule has 0 atom stereocenters. The Labute approximate surface area is 80.6 Å². The van der Waals surface area contributed by atoms with Gasteiger partial charge in [0.1, 0.15) is 0 Å². The molecule has 0 fully saturated rings. The molecule has 5 heteroatoms. The largest absolute Gasteiger partial charge is 0.378 e. The van der Waals surface area contributed by atoms with Gasteiger partial charge in [-0.25, -0.2) is 4.84 Å². The highest BCUT2D eigenvalue weighted by Gasteiger charge is 1.87. The number of alkyl halides is 1. The summed E-state index contributed by atoms with van der Waals surface area (Å²) in [5, 5.41) is 0.871. The SMILES string of the molecule is ClNCCOCCOCCBr. The summed E-state index contributed by atoms with van der Waals surface area (Å²) in [6, 6.07) is 0. The van der Waals surface area contributed by atoms with Gasteiger partial charge in [0.15, 0.2) is 0 Å². The van der Waals surface area contributed by atoms with E-state index in [-0.39, 0.29) is 0 Å². The zero-order valence-corrected chi connectivity index (χ0v) is 8.66. The van der Waals surface area contributed by atoms with E-state index in [9.17, 15) is 0 Å². The Morgan fingerprint density at radius 1 is 1.09 bits per heavy atom. The van der Waals surface area contributed by atoms with Gasteiger partial charge in [-0.2, -0.15) is 0 Å². The third-order valence-electron chi connectivity index (χ3n) is 0.934. The zero-order valence-electron chi connectivity index (χ0n) is 6.32. The maximum Gasteiger partial charge on any atom is 0.0701 e. The van der Waals surface area contributed by atoms with Crippen molar-refractivity contribution in [1.29, 1.82) is 0 Å². The van der Waals surface area contributed by atoms with Crippen LogP contribution in [0.3, 0.4) is 0 Å². The van der Waals surface area contributed by atoms with Crippen LogP contribution in [0.25, 0.3) is 0 Å². The molecule has 11 heavy (non-hydrogen) atoms. The van der Waals surface area contributed by atoms with E-state index < -0.39 is 0 Å². The fourth-order valence-corrected chi connectivity index (χ4v) is 0.793. The maximum absolute atomic E-state index is 5.20. The summed E-state index contributed by atoms with van der Waals surface area (Å²) in [5.74, 6) is 0. The Bertz CT molecular complexity index is 69.6. The third kappa shape index (κ3) is 10.7. The monoisotopic (exact) mass is 245 g/mol. The third-order valence-corrected chi connectivity index (χ3v) is 1.45. The zero-order chi connectivity index (χ0) is 8.36. The van der Waals surface area contributed by atoms with E-state index in [1.807, 2.05) is 0 Å². The highest BCUT2D eigenvalue weighted by molar-refractivity contribution is 9.09. The molecule has 0 aliphatic carbocycles. The summed E-state index contributed by atoms with van der Waals surface area (Å²) in [6.45, 7) is 3.30. The lowest BCUT2D eigenvalue weighted by atomic mass is 10.7. The minimum absolute atomic E-state index is 0.626. The van der Waals surface area contributed by atoms with Gasteiger partial charge >= 0.3 is 0 Å². The first kappa shape index (κ1) is 11.6. The Hall–Kier alpha value is 0.650. The molecule has 0 saturated carbocycles. The van der Waals surface area contributed by atoms with Crippen molar-refractivity contribution < 1.29 is 9.47 Å². The summed E-state index contributed by atoms with van der Waals surface area (Å²) in [4.78, 5) is 2.47. The topological polar surface area (TPSA) is 30.5 Å². The van der Waals surface area contributed by atoms with Crippen molar-refractivity contribution in [2.24, 2.45) is 0 Å². The van der Waals surface area contributed by atoms with Gasteiger partial charge in [0, 0.05) is 11.9 Å². The summed E-state index contributed by atoms with van der Waals surface area (Å²) in [6.07, 6.45) is 0. The van der Waals surface area contributed by atoms with E-state index in [0.29, 0.717) is 26.4 Å². The van der Waals surface area contributed by atoms with Crippen LogP contribution in [-0.4, -0.2) is 38.3 Å². The molecule has 1 N–H and O–H groups in total. The molecule has 0 aliphatic rings. The predicted octanol–water partition coefficient (Wildman–Crippen LogP) is 1.16. The van der Waals surface area contributed by atoms with Crippen molar-refractivity contribution in [3.05, 3.63) is 0 Å². The number of rotatable bonds is 8. The number of hydrogen-bond donors (Lipinski definition) is 1. The van der Waals surface area contributed by atoms with Crippen molar-refractivity contribution >= 4 is 27.7 Å². The molecule has 0 aliphatic heterocycles. The summed E-state index contributed by atoms with van der Waals surface area (Å²) in [5.41, 5.74) is 0. The average Bonchev–Trinajstić information content (AvgIpc) is 2.03. The standard InChI is InChI=1S/C6H13BrClNO2/c7-1-3-10-5-6-11-4-2-9-8/h9H,1-6H2. The van der Waals surface area contributed by atoms with Crippen LogP contribution in [0.4, 0.5) is 0 Å². The van der Waals surface area contributed by atoms with Crippen LogP contribution in [-0.2, 0) is 9.47 Å². The number of halogens is 2. The maximum atomic E-state index is 5.20. The van der Waals surface area contributed by atoms with E-state index in [1.165, 1.54) is 0 Å². The van der Waals surface area contributed by atoms with Gasteiger partial charge in [-0.05, 0) is 11.8 Å². The quantitative estimate of drug-likeness (QED) is 0.396. The Kier molecular flexibility index (Phi) is 11.3. The first-order chi connectivity index (χ1) is 5.41. The molecule has 0 aromatic rings. The summed E-state index contributed by atoms with van der Waals surface area (Å²) >= 11 is 8.45. The molecule has 0 aromatic heterocycles. The van der Waals surface area contributed by atoms with E-state index in [0.717, 1.165) is 11.9 Å². The van der Waals surface area contributed by atoms with Crippen LogP contribution in [0.2, 0.25) is 0 Å². The number of nitrogens with one attached hydrogen (secondary N) is 1. The first-order valence-electron chi connectivity index (χ1n) is 3.46. The Morgan fingerprint density at radius 2 is 1.73 bits per heavy atom. The summed E-state index contributed by atoms with van der Waals surface area (Å²) in [7, 11) is 0. The highest BCUT2D eigenvalue weighted by Crippen LogP contribution is 1.82. The molecule has 0 rings (SSSR count). The minimum atomic E-state index is 0.626. The molecule has 0 aromatic carbocycles. The van der Waals surface area contributed by atoms with Gasteiger partial charge in [-0.3, -0.25) is 0 Å². The molecule has 0 radical (unpaired) electrons. The van der Waals surface area contributed by atoms with Crippen molar-refractivity contribution in [2.45, 2.75) is 0 Å². The second-order valence-corrected chi connectivity index (χ2v) is 2.86. The molecule has 68 valence electrons. The van der Waals surface area contributed by atoms with E-state index in [1.54, 1.807) is 0 Å². The Morgan fingerprint density at radius 3 is 2.27 bits per heavy atom. The number of hydrogen-bond acceptors (Lipinski definition) is 3. The Balaban J connectivity index is 2.69. The van der Waals surface area contributed by atoms with E-state index in [4.69, 9.17) is 21.3 Å². The van der Waals surface area contributed by atoms with Crippen LogP contribution in [0.15, 0.2) is 0 Å². The second kappa shape index (κ2) is 10.7. The van der Waals surface area contributed by atoms with E-state index in [2.05, 4.69) is 20.8 Å². The van der Waals surface area contributed by atoms with Gasteiger partial charge in [0.25, 0.3) is 0 Å². The minimum Gasteiger partial charge on any atom is -0.378 e. The highest BCUT2D eigenvalue weighted by atomic mass is 79.9. The lowest BCUT2D eigenvalue weighted by Gasteiger charge is -2.02. The molecule has 0 bridgehead atoms. The van der Waals surface area contributed by atoms with Gasteiger partial charge in [0.05, 0.1) is 26.4 Å². The average molecular weight is 247 g/mol. The van der Waals surface area contributed by atoms with Crippen molar-refractivity contribution in [3.8, 4) is 0 Å².